The minimum atomic E-state index is -0.212. The number of anilines is 2. The van der Waals surface area contributed by atoms with Gasteiger partial charge in [-0.25, -0.2) is 0 Å². The molecular weight excluding hydrogens is 637 g/mol. The summed E-state index contributed by atoms with van der Waals surface area (Å²) >= 11 is 0. The van der Waals surface area contributed by atoms with E-state index in [1.54, 1.807) is 0 Å². The summed E-state index contributed by atoms with van der Waals surface area (Å²) in [5.74, 6) is 1.44. The van der Waals surface area contributed by atoms with Crippen molar-refractivity contribution in [3.05, 3.63) is 161 Å². The maximum Gasteiger partial charge on any atom is 0.146 e. The lowest BCUT2D eigenvalue weighted by molar-refractivity contribution is 0.210. The van der Waals surface area contributed by atoms with Crippen LogP contribution in [-0.4, -0.2) is 5.60 Å². The number of para-hydroxylation sites is 2. The molecule has 0 bridgehead atoms. The van der Waals surface area contributed by atoms with Crippen LogP contribution in [0.2, 0.25) is 0 Å². The SMILES string of the molecule is CC1(C)C2=CC(N(c3ccccc3)c3ccc(-c4ccccc4)cc3)=CCC2C2=C1C=CC13CC21Oc1ccccc13.I. The first kappa shape index (κ1) is 26.8. The second-order valence-corrected chi connectivity index (χ2v) is 13.0. The van der Waals surface area contributed by atoms with Crippen molar-refractivity contribution in [3.8, 4) is 16.9 Å². The molecule has 43 heavy (non-hydrogen) atoms. The van der Waals surface area contributed by atoms with Gasteiger partial charge in [-0.3, -0.25) is 0 Å². The molecule has 0 spiro atoms. The normalized spacial score (nSPS) is 26.4. The molecular formula is C40H34INO. The Hall–Kier alpha value is -3.83. The Balaban J connectivity index is 0.00000278. The maximum absolute atomic E-state index is 6.91. The van der Waals surface area contributed by atoms with Gasteiger partial charge in [0.15, 0.2) is 0 Å². The van der Waals surface area contributed by atoms with Crippen LogP contribution in [0.1, 0.15) is 32.3 Å². The van der Waals surface area contributed by atoms with E-state index < -0.39 is 0 Å². The topological polar surface area (TPSA) is 12.5 Å². The van der Waals surface area contributed by atoms with Crippen LogP contribution in [0.4, 0.5) is 11.4 Å². The van der Waals surface area contributed by atoms with Crippen molar-refractivity contribution in [2.45, 2.75) is 37.7 Å². The third kappa shape index (κ3) is 3.58. The predicted molar refractivity (Wildman–Crippen MR) is 186 cm³/mol. The Kier molecular flexibility index (Phi) is 5.81. The molecule has 3 heteroatoms. The van der Waals surface area contributed by atoms with Gasteiger partial charge in [-0.15, -0.1) is 24.0 Å². The molecule has 3 unspecified atom stereocenters. The van der Waals surface area contributed by atoms with Gasteiger partial charge >= 0.3 is 0 Å². The Morgan fingerprint density at radius 2 is 1.40 bits per heavy atom. The monoisotopic (exact) mass is 671 g/mol. The fourth-order valence-electron chi connectivity index (χ4n) is 8.46. The fourth-order valence-corrected chi connectivity index (χ4v) is 8.46. The third-order valence-electron chi connectivity index (χ3n) is 10.5. The number of ether oxygens (including phenoxy) is 1. The molecule has 0 saturated heterocycles. The van der Waals surface area contributed by atoms with Crippen molar-refractivity contribution in [2.75, 3.05) is 4.90 Å². The highest BCUT2D eigenvalue weighted by Gasteiger charge is 2.79. The van der Waals surface area contributed by atoms with Crippen LogP contribution in [0.15, 0.2) is 156 Å². The van der Waals surface area contributed by atoms with E-state index in [1.165, 1.54) is 50.5 Å². The van der Waals surface area contributed by atoms with Crippen LogP contribution in [-0.2, 0) is 5.41 Å². The van der Waals surface area contributed by atoms with Gasteiger partial charge in [-0.2, -0.15) is 0 Å². The predicted octanol–water partition coefficient (Wildman–Crippen LogP) is 10.3. The lowest BCUT2D eigenvalue weighted by Crippen LogP contribution is -2.31. The number of allylic oxidation sites excluding steroid dienone is 5. The van der Waals surface area contributed by atoms with Crippen LogP contribution in [0.25, 0.3) is 11.1 Å². The minimum Gasteiger partial charge on any atom is -0.481 e. The van der Waals surface area contributed by atoms with E-state index in [-0.39, 0.29) is 40.4 Å². The fraction of sp³-hybridized carbons (Fsp3) is 0.200. The smallest absolute Gasteiger partial charge is 0.146 e. The molecule has 1 aliphatic heterocycles. The van der Waals surface area contributed by atoms with E-state index in [0.717, 1.165) is 18.6 Å². The lowest BCUT2D eigenvalue weighted by Gasteiger charge is -2.34. The van der Waals surface area contributed by atoms with Crippen molar-refractivity contribution in [2.24, 2.45) is 11.3 Å². The lowest BCUT2D eigenvalue weighted by atomic mass is 9.76. The van der Waals surface area contributed by atoms with Gasteiger partial charge in [0.25, 0.3) is 0 Å². The largest absolute Gasteiger partial charge is 0.481 e. The molecule has 9 rings (SSSR count). The Bertz CT molecular complexity index is 1880. The molecule has 4 aliphatic carbocycles. The summed E-state index contributed by atoms with van der Waals surface area (Å²) < 4.78 is 6.91. The van der Waals surface area contributed by atoms with E-state index in [4.69, 9.17) is 4.74 Å². The molecule has 5 aliphatic rings. The Morgan fingerprint density at radius 3 is 2.16 bits per heavy atom. The van der Waals surface area contributed by atoms with Crippen LogP contribution in [0.3, 0.4) is 0 Å². The average Bonchev–Trinajstić information content (AvgIpc) is 3.54. The first-order valence-electron chi connectivity index (χ1n) is 15.2. The van der Waals surface area contributed by atoms with Gasteiger partial charge in [-0.1, -0.05) is 117 Å². The third-order valence-corrected chi connectivity index (χ3v) is 10.5. The van der Waals surface area contributed by atoms with Crippen LogP contribution < -0.4 is 9.64 Å². The number of nitrogens with zero attached hydrogens (tertiary/aromatic N) is 1. The minimum absolute atomic E-state index is 0. The highest BCUT2D eigenvalue weighted by Crippen LogP contribution is 2.76. The summed E-state index contributed by atoms with van der Waals surface area (Å²) in [7, 11) is 0. The van der Waals surface area contributed by atoms with Crippen molar-refractivity contribution < 1.29 is 4.74 Å². The van der Waals surface area contributed by atoms with Crippen molar-refractivity contribution in [3.63, 3.8) is 0 Å². The summed E-state index contributed by atoms with van der Waals surface area (Å²) in [6.07, 6.45) is 11.9. The summed E-state index contributed by atoms with van der Waals surface area (Å²) in [6.45, 7) is 4.83. The standard InChI is InChI=1S/C40H33NO.HI/c1-38(2)34-23-24-39-26-40(39,42-36-16-10-9-15-33(36)39)37(34)32-22-21-31(25-35(32)38)41(29-13-7-4-8-14-29)30-19-17-28(18-20-30)27-11-5-3-6-12-27;/h3-21,23-25,32H,22,26H2,1-2H3;1H. The summed E-state index contributed by atoms with van der Waals surface area (Å²) in [5, 5.41) is 0. The number of halogens is 1. The number of rotatable bonds is 4. The molecule has 4 aromatic carbocycles. The number of hydrogen-bond donors (Lipinski definition) is 0. The highest BCUT2D eigenvalue weighted by atomic mass is 127. The maximum atomic E-state index is 6.91. The van der Waals surface area contributed by atoms with Gasteiger partial charge < -0.3 is 9.64 Å². The number of benzene rings is 4. The molecule has 212 valence electrons. The van der Waals surface area contributed by atoms with E-state index in [9.17, 15) is 0 Å². The van der Waals surface area contributed by atoms with Gasteiger partial charge in [0.2, 0.25) is 0 Å². The molecule has 0 radical (unpaired) electrons. The van der Waals surface area contributed by atoms with Crippen LogP contribution in [0, 0.1) is 11.3 Å². The van der Waals surface area contributed by atoms with Gasteiger partial charge in [0.1, 0.15) is 11.4 Å². The highest BCUT2D eigenvalue weighted by molar-refractivity contribution is 14.0. The summed E-state index contributed by atoms with van der Waals surface area (Å²) in [6, 6.07) is 39.1. The van der Waals surface area contributed by atoms with Gasteiger partial charge in [0.05, 0.1) is 5.41 Å². The second kappa shape index (κ2) is 9.33. The molecule has 0 N–H and O–H groups in total. The Morgan fingerprint density at radius 1 is 0.744 bits per heavy atom. The molecule has 0 aromatic heterocycles. The van der Waals surface area contributed by atoms with Gasteiger partial charge in [-0.05, 0) is 65.1 Å². The number of hydrogen-bond acceptors (Lipinski definition) is 2. The first-order chi connectivity index (χ1) is 20.5. The molecule has 0 amide bonds. The zero-order valence-corrected chi connectivity index (χ0v) is 26.8. The van der Waals surface area contributed by atoms with Crippen LogP contribution in [0.5, 0.6) is 5.75 Å². The average molecular weight is 672 g/mol. The van der Waals surface area contributed by atoms with E-state index >= 15 is 0 Å². The zero-order chi connectivity index (χ0) is 28.1. The molecule has 4 aromatic rings. The van der Waals surface area contributed by atoms with E-state index in [2.05, 4.69) is 152 Å². The molecule has 3 atom stereocenters. The van der Waals surface area contributed by atoms with E-state index in [0.29, 0.717) is 5.92 Å². The van der Waals surface area contributed by atoms with Crippen molar-refractivity contribution in [1.82, 2.24) is 0 Å². The number of fused-ring (bicyclic) bond motifs is 3. The molecule has 2 nitrogen and oxygen atoms in total. The van der Waals surface area contributed by atoms with Crippen LogP contribution >= 0.6 is 24.0 Å². The second-order valence-electron chi connectivity index (χ2n) is 13.0. The first-order valence-corrected chi connectivity index (χ1v) is 15.2. The zero-order valence-electron chi connectivity index (χ0n) is 24.5. The summed E-state index contributed by atoms with van der Waals surface area (Å²) in [4.78, 5) is 2.42. The molecule has 1 saturated carbocycles. The van der Waals surface area contributed by atoms with Gasteiger partial charge in [0, 0.05) is 40.4 Å². The quantitative estimate of drug-likeness (QED) is 0.200. The molecule has 1 heterocycles. The van der Waals surface area contributed by atoms with E-state index in [1.807, 2.05) is 0 Å². The Labute approximate surface area is 271 Å². The molecule has 1 fully saturated rings. The van der Waals surface area contributed by atoms with Crippen molar-refractivity contribution >= 4 is 35.4 Å². The summed E-state index contributed by atoms with van der Waals surface area (Å²) in [5.41, 5.74) is 11.7. The van der Waals surface area contributed by atoms with Crippen molar-refractivity contribution in [1.29, 1.82) is 0 Å².